The number of fused-ring (bicyclic) bond motifs is 1. The summed E-state index contributed by atoms with van der Waals surface area (Å²) in [7, 11) is 1.63. The molecule has 0 saturated carbocycles. The Balaban J connectivity index is 1.79. The highest BCUT2D eigenvalue weighted by Crippen LogP contribution is 2.30. The molecule has 0 radical (unpaired) electrons. The van der Waals surface area contributed by atoms with Crippen molar-refractivity contribution in [3.8, 4) is 11.5 Å². The van der Waals surface area contributed by atoms with Crippen molar-refractivity contribution in [2.75, 3.05) is 12.4 Å². The van der Waals surface area contributed by atoms with Crippen LogP contribution in [0.3, 0.4) is 0 Å². The van der Waals surface area contributed by atoms with E-state index in [1.165, 1.54) is 0 Å². The van der Waals surface area contributed by atoms with Crippen LogP contribution in [-0.2, 0) is 22.7 Å². The Bertz CT molecular complexity index is 916. The minimum atomic E-state index is -0.578. The molecule has 1 atom stereocenters. The Morgan fingerprint density at radius 2 is 1.90 bits per heavy atom. The third-order valence-electron chi connectivity index (χ3n) is 4.89. The van der Waals surface area contributed by atoms with Crippen molar-refractivity contribution < 1.29 is 19.1 Å². The number of methoxy groups -OCH3 is 1. The van der Waals surface area contributed by atoms with Crippen molar-refractivity contribution in [2.45, 2.75) is 53.3 Å². The topological polar surface area (TPSA) is 67.9 Å². The van der Waals surface area contributed by atoms with Gasteiger partial charge in [0.15, 0.2) is 6.10 Å². The van der Waals surface area contributed by atoms with Gasteiger partial charge in [0.25, 0.3) is 5.91 Å². The van der Waals surface area contributed by atoms with Crippen molar-refractivity contribution in [1.82, 2.24) is 4.90 Å². The normalized spacial score (nSPS) is 16.4. The molecule has 0 fully saturated rings. The van der Waals surface area contributed by atoms with Gasteiger partial charge in [0.2, 0.25) is 5.91 Å². The summed E-state index contributed by atoms with van der Waals surface area (Å²) in [4.78, 5) is 27.0. The maximum absolute atomic E-state index is 12.9. The highest BCUT2D eigenvalue weighted by Gasteiger charge is 2.28. The summed E-state index contributed by atoms with van der Waals surface area (Å²) in [6.07, 6.45) is -0.148. The second kappa shape index (κ2) is 8.78. The molecular weight excluding hydrogens is 380 g/mol. The van der Waals surface area contributed by atoms with E-state index < -0.39 is 6.10 Å². The lowest BCUT2D eigenvalue weighted by molar-refractivity contribution is -0.138. The molecule has 6 nitrogen and oxygen atoms in total. The van der Waals surface area contributed by atoms with Crippen LogP contribution in [0.15, 0.2) is 42.5 Å². The van der Waals surface area contributed by atoms with E-state index in [0.29, 0.717) is 30.9 Å². The number of hydrogen-bond donors (Lipinski definition) is 1. The number of nitrogens with zero attached hydrogens (tertiary/aromatic N) is 1. The van der Waals surface area contributed by atoms with E-state index >= 15 is 0 Å². The van der Waals surface area contributed by atoms with Gasteiger partial charge in [-0.15, -0.1) is 0 Å². The SMILES string of the molecule is COc1ccc(CN2Cc3cc(NC(=O)CC(C)(C)C)ccc3O[C@H](C)C2=O)cc1. The molecule has 1 N–H and O–H groups in total. The van der Waals surface area contributed by atoms with E-state index in [1.807, 2.05) is 63.2 Å². The van der Waals surface area contributed by atoms with Crippen LogP contribution >= 0.6 is 0 Å². The third-order valence-corrected chi connectivity index (χ3v) is 4.89. The summed E-state index contributed by atoms with van der Waals surface area (Å²) in [6.45, 7) is 8.73. The van der Waals surface area contributed by atoms with E-state index in [9.17, 15) is 9.59 Å². The summed E-state index contributed by atoms with van der Waals surface area (Å²) >= 11 is 0. The maximum atomic E-state index is 12.9. The molecule has 0 bridgehead atoms. The number of nitrogens with one attached hydrogen (secondary N) is 1. The third kappa shape index (κ3) is 5.53. The number of benzene rings is 2. The van der Waals surface area contributed by atoms with Gasteiger partial charge in [-0.25, -0.2) is 0 Å². The zero-order chi connectivity index (χ0) is 21.9. The molecule has 2 aromatic rings. The second-order valence-electron chi connectivity index (χ2n) is 8.91. The van der Waals surface area contributed by atoms with Gasteiger partial charge in [-0.05, 0) is 48.2 Å². The molecule has 1 aliphatic heterocycles. The highest BCUT2D eigenvalue weighted by atomic mass is 16.5. The average Bonchev–Trinajstić information content (AvgIpc) is 2.78. The summed E-state index contributed by atoms with van der Waals surface area (Å²) in [6, 6.07) is 13.2. The Labute approximate surface area is 178 Å². The summed E-state index contributed by atoms with van der Waals surface area (Å²) in [5.74, 6) is 1.34. The van der Waals surface area contributed by atoms with Crippen molar-refractivity contribution in [1.29, 1.82) is 0 Å². The summed E-state index contributed by atoms with van der Waals surface area (Å²) in [5.41, 5.74) is 2.50. The first-order valence-corrected chi connectivity index (χ1v) is 10.2. The number of carbonyl (C=O) groups excluding carboxylic acids is 2. The van der Waals surface area contributed by atoms with Crippen LogP contribution in [0, 0.1) is 5.41 Å². The molecule has 2 amide bonds. The van der Waals surface area contributed by atoms with Gasteiger partial charge in [-0.2, -0.15) is 0 Å². The van der Waals surface area contributed by atoms with E-state index in [0.717, 1.165) is 16.9 Å². The first-order chi connectivity index (χ1) is 14.1. The molecule has 30 heavy (non-hydrogen) atoms. The first kappa shape index (κ1) is 21.7. The fourth-order valence-electron chi connectivity index (χ4n) is 3.45. The van der Waals surface area contributed by atoms with E-state index in [2.05, 4.69) is 5.32 Å². The summed E-state index contributed by atoms with van der Waals surface area (Å²) in [5, 5.41) is 2.96. The smallest absolute Gasteiger partial charge is 0.263 e. The number of rotatable bonds is 5. The first-order valence-electron chi connectivity index (χ1n) is 10.2. The van der Waals surface area contributed by atoms with Gasteiger partial charge in [0.05, 0.1) is 7.11 Å². The molecule has 2 aromatic carbocycles. The van der Waals surface area contributed by atoms with Crippen molar-refractivity contribution in [3.05, 3.63) is 53.6 Å². The Morgan fingerprint density at radius 3 is 2.53 bits per heavy atom. The lowest BCUT2D eigenvalue weighted by Gasteiger charge is -2.22. The largest absolute Gasteiger partial charge is 0.497 e. The fraction of sp³-hybridized carbons (Fsp3) is 0.417. The Hall–Kier alpha value is -3.02. The highest BCUT2D eigenvalue weighted by molar-refractivity contribution is 5.91. The molecule has 0 aliphatic carbocycles. The van der Waals surface area contributed by atoms with Crippen LogP contribution in [0.5, 0.6) is 11.5 Å². The van der Waals surface area contributed by atoms with Crippen molar-refractivity contribution in [2.24, 2.45) is 5.41 Å². The van der Waals surface area contributed by atoms with Gasteiger partial charge < -0.3 is 19.7 Å². The van der Waals surface area contributed by atoms with Crippen LogP contribution in [0.25, 0.3) is 0 Å². The second-order valence-corrected chi connectivity index (χ2v) is 8.91. The number of anilines is 1. The van der Waals surface area contributed by atoms with E-state index in [-0.39, 0.29) is 17.2 Å². The molecule has 3 rings (SSSR count). The minimum Gasteiger partial charge on any atom is -0.497 e. The van der Waals surface area contributed by atoms with Gasteiger partial charge in [-0.3, -0.25) is 9.59 Å². The minimum absolute atomic E-state index is 0.0310. The zero-order valence-electron chi connectivity index (χ0n) is 18.3. The number of ether oxygens (including phenoxy) is 2. The van der Waals surface area contributed by atoms with Crippen LogP contribution in [0.2, 0.25) is 0 Å². The average molecular weight is 411 g/mol. The molecule has 0 saturated heterocycles. The van der Waals surface area contributed by atoms with Crippen LogP contribution in [-0.4, -0.2) is 29.9 Å². The van der Waals surface area contributed by atoms with Gasteiger partial charge in [0, 0.05) is 30.8 Å². The lowest BCUT2D eigenvalue weighted by atomic mass is 9.92. The molecular formula is C24H30N2O4. The van der Waals surface area contributed by atoms with Crippen LogP contribution in [0.4, 0.5) is 5.69 Å². The predicted molar refractivity (Wildman–Crippen MR) is 116 cm³/mol. The van der Waals surface area contributed by atoms with Crippen molar-refractivity contribution >= 4 is 17.5 Å². The quantitative estimate of drug-likeness (QED) is 0.794. The monoisotopic (exact) mass is 410 g/mol. The molecule has 160 valence electrons. The van der Waals surface area contributed by atoms with E-state index in [1.54, 1.807) is 18.9 Å². The van der Waals surface area contributed by atoms with Crippen molar-refractivity contribution in [3.63, 3.8) is 0 Å². The van der Waals surface area contributed by atoms with Crippen LogP contribution < -0.4 is 14.8 Å². The fourth-order valence-corrected chi connectivity index (χ4v) is 3.45. The molecule has 0 spiro atoms. The molecule has 6 heteroatoms. The lowest BCUT2D eigenvalue weighted by Crippen LogP contribution is -2.37. The standard InChI is InChI=1S/C24H30N2O4/c1-16-23(28)26(14-17-6-9-20(29-5)10-7-17)15-18-12-19(8-11-21(18)30-16)25-22(27)13-24(2,3)4/h6-12,16H,13-15H2,1-5H3,(H,25,27)/t16-/m1/s1. The molecule has 0 unspecified atom stereocenters. The predicted octanol–water partition coefficient (Wildman–Crippen LogP) is 4.38. The molecule has 0 aromatic heterocycles. The number of hydrogen-bond acceptors (Lipinski definition) is 4. The molecule has 1 heterocycles. The van der Waals surface area contributed by atoms with Gasteiger partial charge in [-0.1, -0.05) is 32.9 Å². The zero-order valence-corrected chi connectivity index (χ0v) is 18.3. The maximum Gasteiger partial charge on any atom is 0.263 e. The van der Waals surface area contributed by atoms with Crippen LogP contribution in [0.1, 0.15) is 45.2 Å². The summed E-state index contributed by atoms with van der Waals surface area (Å²) < 4.78 is 11.1. The van der Waals surface area contributed by atoms with E-state index in [4.69, 9.17) is 9.47 Å². The number of amides is 2. The Morgan fingerprint density at radius 1 is 1.20 bits per heavy atom. The Kier molecular flexibility index (Phi) is 6.34. The number of carbonyl (C=O) groups is 2. The molecule has 1 aliphatic rings. The van der Waals surface area contributed by atoms with Gasteiger partial charge >= 0.3 is 0 Å². The van der Waals surface area contributed by atoms with Gasteiger partial charge in [0.1, 0.15) is 11.5 Å².